The Balaban J connectivity index is 1.91. The minimum absolute atomic E-state index is 0.612. The molecule has 3 aromatic rings. The molecule has 2 heterocycles. The molecule has 96 valence electrons. The van der Waals surface area contributed by atoms with Crippen LogP contribution >= 0.6 is 11.3 Å². The van der Waals surface area contributed by atoms with E-state index in [1.165, 1.54) is 4.88 Å². The van der Waals surface area contributed by atoms with Gasteiger partial charge in [0.1, 0.15) is 0 Å². The van der Waals surface area contributed by atoms with E-state index in [0.29, 0.717) is 11.0 Å². The van der Waals surface area contributed by atoms with Crippen molar-refractivity contribution in [2.45, 2.75) is 6.54 Å². The van der Waals surface area contributed by atoms with Crippen LogP contribution in [0.3, 0.4) is 0 Å². The number of thiophene rings is 1. The second-order valence-electron chi connectivity index (χ2n) is 4.10. The Kier molecular flexibility index (Phi) is 2.92. The summed E-state index contributed by atoms with van der Waals surface area (Å²) in [5, 5.41) is 5.30. The van der Waals surface area contributed by atoms with Crippen molar-refractivity contribution >= 4 is 28.1 Å². The topological polar surface area (TPSA) is 77.8 Å². The van der Waals surface area contributed by atoms with Gasteiger partial charge in [0.05, 0.1) is 11.0 Å². The molecule has 3 rings (SSSR count). The number of fused-ring (bicyclic) bond motifs is 1. The van der Waals surface area contributed by atoms with Crippen molar-refractivity contribution in [3.05, 3.63) is 61.3 Å². The molecule has 2 aromatic heterocycles. The van der Waals surface area contributed by atoms with E-state index < -0.39 is 11.1 Å². The third-order valence-electron chi connectivity index (χ3n) is 2.77. The zero-order valence-corrected chi connectivity index (χ0v) is 10.7. The highest BCUT2D eigenvalue weighted by Crippen LogP contribution is 2.16. The van der Waals surface area contributed by atoms with E-state index >= 15 is 0 Å². The summed E-state index contributed by atoms with van der Waals surface area (Å²) in [6.07, 6.45) is 0. The van der Waals surface area contributed by atoms with Gasteiger partial charge in [0.2, 0.25) is 0 Å². The minimum Gasteiger partial charge on any atom is -0.380 e. The third-order valence-corrected chi connectivity index (χ3v) is 3.65. The zero-order chi connectivity index (χ0) is 13.2. The zero-order valence-electron chi connectivity index (χ0n) is 9.90. The van der Waals surface area contributed by atoms with Crippen molar-refractivity contribution in [1.82, 2.24) is 9.97 Å². The summed E-state index contributed by atoms with van der Waals surface area (Å²) in [6.45, 7) is 0.733. The fourth-order valence-electron chi connectivity index (χ4n) is 1.83. The molecule has 0 aliphatic heterocycles. The molecular formula is C13H11N3O2S. The Morgan fingerprint density at radius 2 is 1.84 bits per heavy atom. The van der Waals surface area contributed by atoms with Crippen molar-refractivity contribution in [2.75, 3.05) is 5.32 Å². The standard InChI is InChI=1S/C13H11N3O2S/c17-12-13(18)16-11-6-8(3-4-10(11)15-12)14-7-9-2-1-5-19-9/h1-6,14H,7H2,(H,15,17)(H,16,18). The van der Waals surface area contributed by atoms with Crippen molar-refractivity contribution in [2.24, 2.45) is 0 Å². The van der Waals surface area contributed by atoms with Gasteiger partial charge in [-0.15, -0.1) is 11.3 Å². The van der Waals surface area contributed by atoms with E-state index in [2.05, 4.69) is 21.4 Å². The lowest BCUT2D eigenvalue weighted by Crippen LogP contribution is -2.28. The fraction of sp³-hybridized carbons (Fsp3) is 0.0769. The van der Waals surface area contributed by atoms with Crippen LogP contribution in [0, 0.1) is 0 Å². The first-order valence-electron chi connectivity index (χ1n) is 5.75. The molecule has 0 saturated carbocycles. The van der Waals surface area contributed by atoms with E-state index in [-0.39, 0.29) is 0 Å². The quantitative estimate of drug-likeness (QED) is 0.638. The molecule has 0 aliphatic carbocycles. The number of rotatable bonds is 3. The second kappa shape index (κ2) is 4.74. The summed E-state index contributed by atoms with van der Waals surface area (Å²) in [7, 11) is 0. The van der Waals surface area contributed by atoms with Crippen LogP contribution in [0.2, 0.25) is 0 Å². The van der Waals surface area contributed by atoms with Gasteiger partial charge in [-0.1, -0.05) is 6.07 Å². The van der Waals surface area contributed by atoms with Crippen molar-refractivity contribution in [1.29, 1.82) is 0 Å². The lowest BCUT2D eigenvalue weighted by atomic mass is 10.2. The van der Waals surface area contributed by atoms with Crippen LogP contribution in [-0.4, -0.2) is 9.97 Å². The normalized spacial score (nSPS) is 10.7. The molecule has 3 N–H and O–H groups in total. The highest BCUT2D eigenvalue weighted by molar-refractivity contribution is 7.09. The summed E-state index contributed by atoms with van der Waals surface area (Å²) in [5.74, 6) is 0. The van der Waals surface area contributed by atoms with Crippen LogP contribution in [0.4, 0.5) is 5.69 Å². The van der Waals surface area contributed by atoms with Crippen LogP contribution in [0.1, 0.15) is 4.88 Å². The highest BCUT2D eigenvalue weighted by Gasteiger charge is 2.01. The first-order chi connectivity index (χ1) is 9.22. The molecule has 0 radical (unpaired) electrons. The van der Waals surface area contributed by atoms with E-state index in [0.717, 1.165) is 12.2 Å². The van der Waals surface area contributed by atoms with E-state index in [1.54, 1.807) is 23.5 Å². The third kappa shape index (κ3) is 2.43. The Morgan fingerprint density at radius 1 is 1.05 bits per heavy atom. The van der Waals surface area contributed by atoms with Gasteiger partial charge >= 0.3 is 11.1 Å². The van der Waals surface area contributed by atoms with Crippen LogP contribution in [0.5, 0.6) is 0 Å². The molecule has 0 amide bonds. The molecule has 0 fully saturated rings. The second-order valence-corrected chi connectivity index (χ2v) is 5.13. The number of benzene rings is 1. The maximum Gasteiger partial charge on any atom is 0.314 e. The first kappa shape index (κ1) is 11.7. The Bertz CT molecular complexity index is 818. The number of aromatic amines is 2. The van der Waals surface area contributed by atoms with Gasteiger partial charge in [0.25, 0.3) is 0 Å². The van der Waals surface area contributed by atoms with Gasteiger partial charge in [0, 0.05) is 17.1 Å². The molecule has 0 saturated heterocycles. The predicted octanol–water partition coefficient (Wildman–Crippen LogP) is 1.89. The van der Waals surface area contributed by atoms with Crippen molar-refractivity contribution < 1.29 is 0 Å². The number of H-pyrrole nitrogens is 2. The highest BCUT2D eigenvalue weighted by atomic mass is 32.1. The summed E-state index contributed by atoms with van der Waals surface area (Å²) >= 11 is 1.68. The molecule has 19 heavy (non-hydrogen) atoms. The van der Waals surface area contributed by atoms with Crippen molar-refractivity contribution in [3.63, 3.8) is 0 Å². The predicted molar refractivity (Wildman–Crippen MR) is 76.8 cm³/mol. The Hall–Kier alpha value is -2.34. The number of hydrogen-bond acceptors (Lipinski definition) is 4. The van der Waals surface area contributed by atoms with Gasteiger partial charge < -0.3 is 15.3 Å². The first-order valence-corrected chi connectivity index (χ1v) is 6.63. The summed E-state index contributed by atoms with van der Waals surface area (Å²) in [5.41, 5.74) is 0.852. The van der Waals surface area contributed by atoms with Gasteiger partial charge in [-0.05, 0) is 29.6 Å². The summed E-state index contributed by atoms with van der Waals surface area (Å²) < 4.78 is 0. The molecule has 0 unspecified atom stereocenters. The molecule has 6 heteroatoms. The Labute approximate surface area is 111 Å². The van der Waals surface area contributed by atoms with Gasteiger partial charge in [-0.3, -0.25) is 9.59 Å². The minimum atomic E-state index is -0.636. The maximum absolute atomic E-state index is 11.3. The molecule has 0 spiro atoms. The molecule has 0 bridgehead atoms. The lowest BCUT2D eigenvalue weighted by molar-refractivity contribution is 1.14. The van der Waals surface area contributed by atoms with Crippen LogP contribution < -0.4 is 16.4 Å². The smallest absolute Gasteiger partial charge is 0.314 e. The van der Waals surface area contributed by atoms with E-state index in [1.807, 2.05) is 17.5 Å². The SMILES string of the molecule is O=c1[nH]c2ccc(NCc3cccs3)cc2[nH]c1=O. The summed E-state index contributed by atoms with van der Waals surface area (Å²) in [4.78, 5) is 28.8. The number of hydrogen-bond donors (Lipinski definition) is 3. The van der Waals surface area contributed by atoms with Gasteiger partial charge in [-0.25, -0.2) is 0 Å². The maximum atomic E-state index is 11.3. The van der Waals surface area contributed by atoms with E-state index in [4.69, 9.17) is 0 Å². The molecule has 1 aromatic carbocycles. The van der Waals surface area contributed by atoms with Gasteiger partial charge in [-0.2, -0.15) is 0 Å². The largest absolute Gasteiger partial charge is 0.380 e. The fourth-order valence-corrected chi connectivity index (χ4v) is 2.47. The average Bonchev–Trinajstić information content (AvgIpc) is 2.91. The van der Waals surface area contributed by atoms with Crippen molar-refractivity contribution in [3.8, 4) is 0 Å². The molecular weight excluding hydrogens is 262 g/mol. The van der Waals surface area contributed by atoms with Crippen LogP contribution in [0.15, 0.2) is 45.3 Å². The average molecular weight is 273 g/mol. The molecule has 0 atom stereocenters. The van der Waals surface area contributed by atoms with Gasteiger partial charge in [0.15, 0.2) is 0 Å². The van der Waals surface area contributed by atoms with Crippen LogP contribution in [0.25, 0.3) is 11.0 Å². The number of nitrogens with one attached hydrogen (secondary N) is 3. The molecule has 5 nitrogen and oxygen atoms in total. The van der Waals surface area contributed by atoms with E-state index in [9.17, 15) is 9.59 Å². The molecule has 0 aliphatic rings. The monoisotopic (exact) mass is 273 g/mol. The lowest BCUT2D eigenvalue weighted by Gasteiger charge is -2.06. The summed E-state index contributed by atoms with van der Waals surface area (Å²) in [6, 6.07) is 9.50. The number of anilines is 1. The Morgan fingerprint density at radius 3 is 2.58 bits per heavy atom. The number of aromatic nitrogens is 2. The van der Waals surface area contributed by atoms with Crippen LogP contribution in [-0.2, 0) is 6.54 Å².